The molecule has 0 spiro atoms. The number of nitrogens with zero attached hydrogens (tertiary/aromatic N) is 2. The summed E-state index contributed by atoms with van der Waals surface area (Å²) in [7, 11) is 3.51. The predicted molar refractivity (Wildman–Crippen MR) is 83.7 cm³/mol. The zero-order chi connectivity index (χ0) is 14.4. The maximum absolute atomic E-state index is 5.21. The monoisotopic (exact) mass is 290 g/mol. The number of thioether (sulfide) groups is 1. The van der Waals surface area contributed by atoms with E-state index in [0.717, 1.165) is 28.1 Å². The SMILES string of the molecule is CNc1cc(NCc2cccc(OC)c2)nc(SC)n1. The highest BCUT2D eigenvalue weighted by Gasteiger charge is 2.03. The van der Waals surface area contributed by atoms with E-state index in [1.165, 1.54) is 11.8 Å². The molecule has 0 fully saturated rings. The van der Waals surface area contributed by atoms with Gasteiger partial charge in [-0.15, -0.1) is 0 Å². The zero-order valence-corrected chi connectivity index (χ0v) is 12.6. The average molecular weight is 290 g/mol. The van der Waals surface area contributed by atoms with Crippen LogP contribution in [0.15, 0.2) is 35.5 Å². The Morgan fingerprint density at radius 1 is 1.20 bits per heavy atom. The average Bonchev–Trinajstić information content (AvgIpc) is 2.52. The summed E-state index contributed by atoms with van der Waals surface area (Å²) in [6, 6.07) is 9.84. The van der Waals surface area contributed by atoms with Crippen molar-refractivity contribution in [1.29, 1.82) is 0 Å². The van der Waals surface area contributed by atoms with Crippen molar-refractivity contribution in [1.82, 2.24) is 9.97 Å². The highest BCUT2D eigenvalue weighted by atomic mass is 32.2. The molecule has 0 unspecified atom stereocenters. The Morgan fingerprint density at radius 2 is 2.00 bits per heavy atom. The number of methoxy groups -OCH3 is 1. The van der Waals surface area contributed by atoms with Crippen LogP contribution in [0.25, 0.3) is 0 Å². The van der Waals surface area contributed by atoms with Gasteiger partial charge in [-0.25, -0.2) is 9.97 Å². The van der Waals surface area contributed by atoms with Crippen LogP contribution in [0.2, 0.25) is 0 Å². The van der Waals surface area contributed by atoms with Gasteiger partial charge in [0.05, 0.1) is 7.11 Å². The van der Waals surface area contributed by atoms with E-state index in [4.69, 9.17) is 4.74 Å². The van der Waals surface area contributed by atoms with Gasteiger partial charge in [-0.1, -0.05) is 23.9 Å². The third kappa shape index (κ3) is 3.77. The second-order valence-electron chi connectivity index (χ2n) is 4.08. The maximum Gasteiger partial charge on any atom is 0.191 e. The Balaban J connectivity index is 2.09. The van der Waals surface area contributed by atoms with E-state index in [1.807, 2.05) is 43.6 Å². The lowest BCUT2D eigenvalue weighted by atomic mass is 10.2. The molecule has 0 aliphatic heterocycles. The van der Waals surface area contributed by atoms with Gasteiger partial charge in [0.15, 0.2) is 5.16 Å². The van der Waals surface area contributed by atoms with Crippen molar-refractivity contribution in [2.75, 3.05) is 31.0 Å². The topological polar surface area (TPSA) is 59.1 Å². The van der Waals surface area contributed by atoms with Crippen LogP contribution in [-0.4, -0.2) is 30.4 Å². The maximum atomic E-state index is 5.21. The van der Waals surface area contributed by atoms with Crippen molar-refractivity contribution < 1.29 is 4.74 Å². The van der Waals surface area contributed by atoms with Gasteiger partial charge in [-0.3, -0.25) is 0 Å². The molecule has 0 saturated carbocycles. The first-order chi connectivity index (χ1) is 9.75. The predicted octanol–water partition coefficient (Wildman–Crippen LogP) is 2.86. The molecule has 0 radical (unpaired) electrons. The van der Waals surface area contributed by atoms with Crippen molar-refractivity contribution in [2.24, 2.45) is 0 Å². The van der Waals surface area contributed by atoms with Crippen LogP contribution in [0.3, 0.4) is 0 Å². The van der Waals surface area contributed by atoms with Crippen LogP contribution in [-0.2, 0) is 6.54 Å². The van der Waals surface area contributed by atoms with E-state index < -0.39 is 0 Å². The molecule has 0 aliphatic rings. The molecule has 1 heterocycles. The lowest BCUT2D eigenvalue weighted by Crippen LogP contribution is -2.04. The summed E-state index contributed by atoms with van der Waals surface area (Å²) in [6.07, 6.45) is 1.96. The van der Waals surface area contributed by atoms with E-state index in [-0.39, 0.29) is 0 Å². The molecule has 0 saturated heterocycles. The standard InChI is InChI=1S/C14H18N4OS/c1-15-12-8-13(18-14(17-12)20-3)16-9-10-5-4-6-11(7-10)19-2/h4-8H,9H2,1-3H3,(H2,15,16,17,18). The summed E-state index contributed by atoms with van der Waals surface area (Å²) in [6.45, 7) is 0.686. The summed E-state index contributed by atoms with van der Waals surface area (Å²) in [5, 5.41) is 7.08. The van der Waals surface area contributed by atoms with Crippen LogP contribution in [0.4, 0.5) is 11.6 Å². The van der Waals surface area contributed by atoms with Crippen LogP contribution in [0.5, 0.6) is 5.75 Å². The van der Waals surface area contributed by atoms with Crippen molar-refractivity contribution in [3.05, 3.63) is 35.9 Å². The molecule has 0 amide bonds. The summed E-state index contributed by atoms with van der Waals surface area (Å²) in [5.41, 5.74) is 1.14. The normalized spacial score (nSPS) is 10.2. The molecule has 1 aromatic heterocycles. The van der Waals surface area contributed by atoms with Gasteiger partial charge < -0.3 is 15.4 Å². The number of hydrogen-bond donors (Lipinski definition) is 2. The number of benzene rings is 1. The minimum Gasteiger partial charge on any atom is -0.497 e. The minimum atomic E-state index is 0.686. The molecule has 6 heteroatoms. The summed E-state index contributed by atoms with van der Waals surface area (Å²) in [5.74, 6) is 2.46. The second kappa shape index (κ2) is 7.00. The Labute approximate surface area is 123 Å². The van der Waals surface area contributed by atoms with Gasteiger partial charge in [0, 0.05) is 19.7 Å². The third-order valence-corrected chi connectivity index (χ3v) is 3.30. The molecule has 2 rings (SSSR count). The number of nitrogens with one attached hydrogen (secondary N) is 2. The molecular formula is C14H18N4OS. The number of aromatic nitrogens is 2. The Bertz CT molecular complexity index is 555. The number of hydrogen-bond acceptors (Lipinski definition) is 6. The molecule has 106 valence electrons. The first-order valence-electron chi connectivity index (χ1n) is 6.22. The fraction of sp³-hybridized carbons (Fsp3) is 0.286. The third-order valence-electron chi connectivity index (χ3n) is 2.75. The Kier molecular flexibility index (Phi) is 5.06. The molecule has 0 atom stereocenters. The Morgan fingerprint density at radius 3 is 2.70 bits per heavy atom. The van der Waals surface area contributed by atoms with Crippen molar-refractivity contribution in [2.45, 2.75) is 11.7 Å². The van der Waals surface area contributed by atoms with Crippen LogP contribution in [0.1, 0.15) is 5.56 Å². The quantitative estimate of drug-likeness (QED) is 0.630. The van der Waals surface area contributed by atoms with Crippen LogP contribution < -0.4 is 15.4 Å². The van der Waals surface area contributed by atoms with E-state index in [0.29, 0.717) is 6.54 Å². The van der Waals surface area contributed by atoms with Gasteiger partial charge in [-0.05, 0) is 24.0 Å². The molecule has 0 bridgehead atoms. The van der Waals surface area contributed by atoms with E-state index in [2.05, 4.69) is 20.6 Å². The van der Waals surface area contributed by atoms with Gasteiger partial charge in [0.1, 0.15) is 17.4 Å². The van der Waals surface area contributed by atoms with Gasteiger partial charge >= 0.3 is 0 Å². The van der Waals surface area contributed by atoms with Gasteiger partial charge in [0.2, 0.25) is 0 Å². The number of anilines is 2. The molecule has 20 heavy (non-hydrogen) atoms. The largest absolute Gasteiger partial charge is 0.497 e. The minimum absolute atomic E-state index is 0.686. The Hall–Kier alpha value is -1.95. The number of rotatable bonds is 6. The fourth-order valence-corrected chi connectivity index (χ4v) is 2.09. The van der Waals surface area contributed by atoms with Crippen LogP contribution in [0, 0.1) is 0 Å². The molecular weight excluding hydrogens is 272 g/mol. The van der Waals surface area contributed by atoms with Gasteiger partial charge in [0.25, 0.3) is 0 Å². The fourth-order valence-electron chi connectivity index (χ4n) is 1.71. The van der Waals surface area contributed by atoms with Gasteiger partial charge in [-0.2, -0.15) is 0 Å². The lowest BCUT2D eigenvalue weighted by Gasteiger charge is -2.09. The number of ether oxygens (including phenoxy) is 1. The lowest BCUT2D eigenvalue weighted by molar-refractivity contribution is 0.414. The molecule has 1 aromatic carbocycles. The van der Waals surface area contributed by atoms with Crippen molar-refractivity contribution >= 4 is 23.4 Å². The van der Waals surface area contributed by atoms with Crippen molar-refractivity contribution in [3.8, 4) is 5.75 Å². The molecule has 0 aliphatic carbocycles. The van der Waals surface area contributed by atoms with Crippen molar-refractivity contribution in [3.63, 3.8) is 0 Å². The molecule has 2 aromatic rings. The second-order valence-corrected chi connectivity index (χ2v) is 4.85. The first kappa shape index (κ1) is 14.5. The van der Waals surface area contributed by atoms with E-state index >= 15 is 0 Å². The first-order valence-corrected chi connectivity index (χ1v) is 7.45. The van der Waals surface area contributed by atoms with E-state index in [9.17, 15) is 0 Å². The highest BCUT2D eigenvalue weighted by Crippen LogP contribution is 2.18. The summed E-state index contributed by atoms with van der Waals surface area (Å²) >= 11 is 1.52. The molecule has 2 N–H and O–H groups in total. The zero-order valence-electron chi connectivity index (χ0n) is 11.8. The van der Waals surface area contributed by atoms with E-state index in [1.54, 1.807) is 7.11 Å². The summed E-state index contributed by atoms with van der Waals surface area (Å²) < 4.78 is 5.21. The smallest absolute Gasteiger partial charge is 0.191 e. The molecule has 5 nitrogen and oxygen atoms in total. The van der Waals surface area contributed by atoms with Crippen LogP contribution >= 0.6 is 11.8 Å². The highest BCUT2D eigenvalue weighted by molar-refractivity contribution is 7.98. The summed E-state index contributed by atoms with van der Waals surface area (Å²) in [4.78, 5) is 8.76.